The summed E-state index contributed by atoms with van der Waals surface area (Å²) in [5.74, 6) is 1.46. The zero-order chi connectivity index (χ0) is 19.2. The minimum Gasteiger partial charge on any atom is -0.493 e. The summed E-state index contributed by atoms with van der Waals surface area (Å²) in [6.45, 7) is 6.08. The van der Waals surface area contributed by atoms with Crippen molar-refractivity contribution in [2.45, 2.75) is 13.5 Å². The van der Waals surface area contributed by atoms with Crippen LogP contribution in [-0.4, -0.2) is 55.5 Å². The summed E-state index contributed by atoms with van der Waals surface area (Å²) in [7, 11) is 2.07. The Morgan fingerprint density at radius 2 is 1.85 bits per heavy atom. The lowest BCUT2D eigenvalue weighted by Gasteiger charge is -2.32. The van der Waals surface area contributed by atoms with Gasteiger partial charge in [0.05, 0.1) is 6.61 Å². The lowest BCUT2D eigenvalue weighted by molar-refractivity contribution is 0.0664. The van der Waals surface area contributed by atoms with Crippen LogP contribution in [0.1, 0.15) is 22.8 Å². The second kappa shape index (κ2) is 9.11. The Kier molecular flexibility index (Phi) is 6.58. The van der Waals surface area contributed by atoms with E-state index in [2.05, 4.69) is 11.9 Å². The van der Waals surface area contributed by atoms with E-state index in [0.29, 0.717) is 29.5 Å². The SMILES string of the molecule is CCOc1ccc(C(=O)N2CCN(C)CC2)cc1COc1cccc(Cl)c1. The molecule has 0 N–H and O–H groups in total. The van der Waals surface area contributed by atoms with Gasteiger partial charge in [0.15, 0.2) is 0 Å². The maximum Gasteiger partial charge on any atom is 0.253 e. The van der Waals surface area contributed by atoms with Gasteiger partial charge in [0, 0.05) is 42.3 Å². The molecule has 0 bridgehead atoms. The predicted molar refractivity (Wildman–Crippen MR) is 107 cm³/mol. The van der Waals surface area contributed by atoms with E-state index in [0.717, 1.165) is 37.5 Å². The molecule has 27 heavy (non-hydrogen) atoms. The standard InChI is InChI=1S/C21H25ClN2O3/c1-3-26-20-8-7-16(21(25)24-11-9-23(2)10-12-24)13-17(20)15-27-19-6-4-5-18(22)14-19/h4-8,13-14H,3,9-12,15H2,1-2H3. The largest absolute Gasteiger partial charge is 0.493 e. The molecule has 0 spiro atoms. The summed E-state index contributed by atoms with van der Waals surface area (Å²) in [5, 5.41) is 0.622. The van der Waals surface area contributed by atoms with Crippen molar-refractivity contribution < 1.29 is 14.3 Å². The summed E-state index contributed by atoms with van der Waals surface area (Å²) in [4.78, 5) is 17.0. The molecule has 1 amide bonds. The van der Waals surface area contributed by atoms with Crippen LogP contribution in [0.15, 0.2) is 42.5 Å². The fourth-order valence-electron chi connectivity index (χ4n) is 3.03. The van der Waals surface area contributed by atoms with Gasteiger partial charge in [0.1, 0.15) is 18.1 Å². The van der Waals surface area contributed by atoms with Crippen LogP contribution in [0.2, 0.25) is 5.02 Å². The van der Waals surface area contributed by atoms with E-state index in [4.69, 9.17) is 21.1 Å². The summed E-state index contributed by atoms with van der Waals surface area (Å²) in [6, 6.07) is 12.8. The maximum atomic E-state index is 12.9. The molecule has 1 heterocycles. The van der Waals surface area contributed by atoms with Crippen LogP contribution in [-0.2, 0) is 6.61 Å². The second-order valence-corrected chi connectivity index (χ2v) is 7.03. The van der Waals surface area contributed by atoms with Gasteiger partial charge in [-0.3, -0.25) is 4.79 Å². The monoisotopic (exact) mass is 388 g/mol. The van der Waals surface area contributed by atoms with Gasteiger partial charge in [-0.1, -0.05) is 17.7 Å². The first-order chi connectivity index (χ1) is 13.1. The lowest BCUT2D eigenvalue weighted by Crippen LogP contribution is -2.47. The highest BCUT2D eigenvalue weighted by Gasteiger charge is 2.21. The molecule has 0 radical (unpaired) electrons. The molecule has 5 nitrogen and oxygen atoms in total. The minimum absolute atomic E-state index is 0.0511. The first-order valence-corrected chi connectivity index (χ1v) is 9.56. The fourth-order valence-corrected chi connectivity index (χ4v) is 3.21. The van der Waals surface area contributed by atoms with Crippen LogP contribution in [0.5, 0.6) is 11.5 Å². The number of hydrogen-bond donors (Lipinski definition) is 0. The summed E-state index contributed by atoms with van der Waals surface area (Å²) < 4.78 is 11.6. The van der Waals surface area contributed by atoms with Gasteiger partial charge in [-0.15, -0.1) is 0 Å². The Morgan fingerprint density at radius 3 is 2.56 bits per heavy atom. The van der Waals surface area contributed by atoms with Crippen LogP contribution < -0.4 is 9.47 Å². The molecule has 0 aromatic heterocycles. The van der Waals surface area contributed by atoms with Gasteiger partial charge in [-0.25, -0.2) is 0 Å². The van der Waals surface area contributed by atoms with E-state index in [1.807, 2.05) is 42.2 Å². The molecular weight excluding hydrogens is 364 g/mol. The van der Waals surface area contributed by atoms with Gasteiger partial charge in [0.2, 0.25) is 0 Å². The lowest BCUT2D eigenvalue weighted by atomic mass is 10.1. The molecule has 144 valence electrons. The third-order valence-corrected chi connectivity index (χ3v) is 4.82. The van der Waals surface area contributed by atoms with E-state index in [-0.39, 0.29) is 5.91 Å². The Labute approximate surface area is 165 Å². The molecule has 0 unspecified atom stereocenters. The molecule has 0 aliphatic carbocycles. The molecule has 6 heteroatoms. The van der Waals surface area contributed by atoms with Crippen molar-refractivity contribution in [1.82, 2.24) is 9.80 Å². The second-order valence-electron chi connectivity index (χ2n) is 6.60. The van der Waals surface area contributed by atoms with Crippen molar-refractivity contribution in [3.63, 3.8) is 0 Å². The normalized spacial score (nSPS) is 14.9. The summed E-state index contributed by atoms with van der Waals surface area (Å²) in [5.41, 5.74) is 1.50. The average molecular weight is 389 g/mol. The highest BCUT2D eigenvalue weighted by atomic mass is 35.5. The van der Waals surface area contributed by atoms with Crippen LogP contribution in [0, 0.1) is 0 Å². The van der Waals surface area contributed by atoms with Gasteiger partial charge in [-0.05, 0) is 50.4 Å². The van der Waals surface area contributed by atoms with Gasteiger partial charge < -0.3 is 19.3 Å². The Morgan fingerprint density at radius 1 is 1.07 bits per heavy atom. The van der Waals surface area contributed by atoms with Crippen LogP contribution >= 0.6 is 11.6 Å². The van der Waals surface area contributed by atoms with Gasteiger partial charge >= 0.3 is 0 Å². The van der Waals surface area contributed by atoms with Crippen LogP contribution in [0.3, 0.4) is 0 Å². The quantitative estimate of drug-likeness (QED) is 0.756. The fraction of sp³-hybridized carbons (Fsp3) is 0.381. The van der Waals surface area contributed by atoms with Crippen molar-refractivity contribution in [2.75, 3.05) is 39.8 Å². The maximum absolute atomic E-state index is 12.9. The van der Waals surface area contributed by atoms with Gasteiger partial charge in [-0.2, -0.15) is 0 Å². The number of halogens is 1. The van der Waals surface area contributed by atoms with E-state index in [9.17, 15) is 4.79 Å². The molecule has 3 rings (SSSR count). The number of carbonyl (C=O) groups excluding carboxylic acids is 1. The third kappa shape index (κ3) is 5.15. The highest BCUT2D eigenvalue weighted by molar-refractivity contribution is 6.30. The third-order valence-electron chi connectivity index (χ3n) is 4.59. The molecule has 2 aromatic carbocycles. The number of likely N-dealkylation sites (N-methyl/N-ethyl adjacent to an activating group) is 1. The Hall–Kier alpha value is -2.24. The molecular formula is C21H25ClN2O3. The first-order valence-electron chi connectivity index (χ1n) is 9.18. The van der Waals surface area contributed by atoms with E-state index in [1.54, 1.807) is 12.1 Å². The number of nitrogens with zero attached hydrogens (tertiary/aromatic N) is 2. The first kappa shape index (κ1) is 19.5. The molecule has 1 aliphatic rings. The predicted octanol–water partition coefficient (Wildman–Crippen LogP) is 3.71. The van der Waals surface area contributed by atoms with Gasteiger partial charge in [0.25, 0.3) is 5.91 Å². The van der Waals surface area contributed by atoms with Crippen LogP contribution in [0.4, 0.5) is 0 Å². The van der Waals surface area contributed by atoms with Crippen molar-refractivity contribution in [3.05, 3.63) is 58.6 Å². The zero-order valence-corrected chi connectivity index (χ0v) is 16.5. The Balaban J connectivity index is 1.76. The number of ether oxygens (including phenoxy) is 2. The summed E-state index contributed by atoms with van der Waals surface area (Å²) in [6.07, 6.45) is 0. The van der Waals surface area contributed by atoms with E-state index < -0.39 is 0 Å². The van der Waals surface area contributed by atoms with Crippen molar-refractivity contribution in [1.29, 1.82) is 0 Å². The number of hydrogen-bond acceptors (Lipinski definition) is 4. The van der Waals surface area contributed by atoms with E-state index >= 15 is 0 Å². The van der Waals surface area contributed by atoms with Crippen LogP contribution in [0.25, 0.3) is 0 Å². The zero-order valence-electron chi connectivity index (χ0n) is 15.8. The molecule has 1 fully saturated rings. The molecule has 0 atom stereocenters. The van der Waals surface area contributed by atoms with Crippen molar-refractivity contribution in [3.8, 4) is 11.5 Å². The average Bonchev–Trinajstić information content (AvgIpc) is 2.67. The number of carbonyl (C=O) groups is 1. The van der Waals surface area contributed by atoms with Crippen molar-refractivity contribution >= 4 is 17.5 Å². The number of amides is 1. The molecule has 2 aromatic rings. The molecule has 1 aliphatic heterocycles. The smallest absolute Gasteiger partial charge is 0.253 e. The molecule has 1 saturated heterocycles. The number of benzene rings is 2. The highest BCUT2D eigenvalue weighted by Crippen LogP contribution is 2.25. The van der Waals surface area contributed by atoms with Crippen molar-refractivity contribution in [2.24, 2.45) is 0 Å². The molecule has 0 saturated carbocycles. The Bertz CT molecular complexity index is 789. The summed E-state index contributed by atoms with van der Waals surface area (Å²) >= 11 is 6.01. The minimum atomic E-state index is 0.0511. The number of piperazine rings is 1. The number of rotatable bonds is 6. The topological polar surface area (TPSA) is 42.0 Å². The van der Waals surface area contributed by atoms with E-state index in [1.165, 1.54) is 0 Å².